The number of hydrogen-bond acceptors (Lipinski definition) is 5. The maximum atomic E-state index is 13.5. The van der Waals surface area contributed by atoms with E-state index in [1.165, 1.54) is 9.91 Å². The minimum Gasteiger partial charge on any atom is -0.494 e. The highest BCUT2D eigenvalue weighted by atomic mass is 35.5. The molecule has 0 bridgehead atoms. The van der Waals surface area contributed by atoms with Gasteiger partial charge >= 0.3 is 0 Å². The largest absolute Gasteiger partial charge is 0.494 e. The second kappa shape index (κ2) is 11.6. The average molecular weight is 557 g/mol. The molecule has 1 fully saturated rings. The summed E-state index contributed by atoms with van der Waals surface area (Å²) in [6, 6.07) is 18.5. The summed E-state index contributed by atoms with van der Waals surface area (Å²) < 4.78 is 5.41. The summed E-state index contributed by atoms with van der Waals surface area (Å²) in [4.78, 5) is 40.6. The second-order valence-electron chi connectivity index (χ2n) is 7.98. The molecule has 3 aromatic carbocycles. The number of amides is 3. The Bertz CT molecular complexity index is 1320. The van der Waals surface area contributed by atoms with Crippen LogP contribution in [-0.4, -0.2) is 40.5 Å². The maximum Gasteiger partial charge on any atom is 0.269 e. The molecule has 0 aromatic heterocycles. The molecule has 37 heavy (non-hydrogen) atoms. The van der Waals surface area contributed by atoms with E-state index in [0.717, 1.165) is 0 Å². The van der Waals surface area contributed by atoms with E-state index in [4.69, 9.17) is 40.2 Å². The molecule has 11 heteroatoms. The molecule has 0 aliphatic carbocycles. The van der Waals surface area contributed by atoms with Crippen molar-refractivity contribution < 1.29 is 19.1 Å². The number of ether oxygens (including phenoxy) is 1. The van der Waals surface area contributed by atoms with Crippen LogP contribution in [0.1, 0.15) is 23.7 Å². The van der Waals surface area contributed by atoms with Crippen molar-refractivity contribution in [2.24, 2.45) is 0 Å². The lowest BCUT2D eigenvalue weighted by Gasteiger charge is -2.24. The van der Waals surface area contributed by atoms with Gasteiger partial charge in [-0.15, -0.1) is 0 Å². The third kappa shape index (κ3) is 6.19. The lowest BCUT2D eigenvalue weighted by Crippen LogP contribution is -2.49. The Labute approximate surface area is 229 Å². The standard InChI is InChI=1S/C26H22Cl2N4O4S/c1-2-36-21-13-9-19(10-14-21)29-23(33)15-22-25(35)31(20-11-7-18(28)8-12-20)26(37)32(22)30-24(34)16-3-5-17(27)6-4-16/h3-14,22H,2,15H2,1H3,(H,29,33)(H,30,34). The predicted molar refractivity (Wildman–Crippen MR) is 147 cm³/mol. The zero-order valence-corrected chi connectivity index (χ0v) is 21.9. The number of nitrogens with one attached hydrogen (secondary N) is 2. The Morgan fingerprint density at radius 1 is 0.946 bits per heavy atom. The van der Waals surface area contributed by atoms with Gasteiger partial charge in [0.2, 0.25) is 11.0 Å². The zero-order chi connectivity index (χ0) is 26.5. The van der Waals surface area contributed by atoms with Crippen LogP contribution in [0.4, 0.5) is 11.4 Å². The summed E-state index contributed by atoms with van der Waals surface area (Å²) in [5.74, 6) is -0.743. The van der Waals surface area contributed by atoms with Crippen molar-refractivity contribution in [3.05, 3.63) is 88.4 Å². The van der Waals surface area contributed by atoms with E-state index in [9.17, 15) is 14.4 Å². The molecule has 3 aromatic rings. The van der Waals surface area contributed by atoms with Crippen LogP contribution in [0.3, 0.4) is 0 Å². The highest BCUT2D eigenvalue weighted by Gasteiger charge is 2.45. The average Bonchev–Trinajstić information content (AvgIpc) is 3.10. The van der Waals surface area contributed by atoms with Gasteiger partial charge in [-0.05, 0) is 91.9 Å². The molecule has 1 aliphatic rings. The van der Waals surface area contributed by atoms with Crippen LogP contribution < -0.4 is 20.4 Å². The van der Waals surface area contributed by atoms with E-state index in [2.05, 4.69) is 10.7 Å². The van der Waals surface area contributed by atoms with Crippen LogP contribution in [0, 0.1) is 0 Å². The molecule has 1 unspecified atom stereocenters. The molecular weight excluding hydrogens is 535 g/mol. The van der Waals surface area contributed by atoms with E-state index in [1.54, 1.807) is 72.8 Å². The number of carbonyl (C=O) groups excluding carboxylic acids is 3. The minimum absolute atomic E-state index is 0.0218. The number of thiocarbonyl (C=S) groups is 1. The van der Waals surface area contributed by atoms with Crippen LogP contribution in [-0.2, 0) is 9.59 Å². The Morgan fingerprint density at radius 3 is 2.14 bits per heavy atom. The van der Waals surface area contributed by atoms with E-state index in [1.807, 2.05) is 6.92 Å². The number of rotatable bonds is 8. The lowest BCUT2D eigenvalue weighted by molar-refractivity contribution is -0.124. The Kier molecular flexibility index (Phi) is 8.27. The van der Waals surface area contributed by atoms with Gasteiger partial charge in [-0.3, -0.25) is 24.7 Å². The number of benzene rings is 3. The molecule has 1 aliphatic heterocycles. The van der Waals surface area contributed by atoms with Crippen LogP contribution in [0.2, 0.25) is 10.0 Å². The van der Waals surface area contributed by atoms with Crippen molar-refractivity contribution in [1.82, 2.24) is 10.4 Å². The third-order valence-electron chi connectivity index (χ3n) is 5.46. The van der Waals surface area contributed by atoms with Crippen LogP contribution in [0.25, 0.3) is 0 Å². The fraction of sp³-hybridized carbons (Fsp3) is 0.154. The Morgan fingerprint density at radius 2 is 1.54 bits per heavy atom. The Balaban J connectivity index is 1.56. The number of carbonyl (C=O) groups is 3. The first kappa shape index (κ1) is 26.4. The molecule has 2 N–H and O–H groups in total. The van der Waals surface area contributed by atoms with E-state index in [0.29, 0.717) is 39.3 Å². The highest BCUT2D eigenvalue weighted by molar-refractivity contribution is 7.80. The van der Waals surface area contributed by atoms with Gasteiger partial charge in [0.05, 0.1) is 18.7 Å². The number of anilines is 2. The molecule has 1 atom stereocenters. The minimum atomic E-state index is -1.08. The monoisotopic (exact) mass is 556 g/mol. The van der Waals surface area contributed by atoms with Crippen molar-refractivity contribution in [2.75, 3.05) is 16.8 Å². The van der Waals surface area contributed by atoms with Gasteiger partial charge in [-0.1, -0.05) is 23.2 Å². The predicted octanol–water partition coefficient (Wildman–Crippen LogP) is 5.07. The molecule has 4 rings (SSSR count). The van der Waals surface area contributed by atoms with Crippen LogP contribution in [0.5, 0.6) is 5.75 Å². The van der Waals surface area contributed by atoms with Gasteiger partial charge in [0.15, 0.2) is 0 Å². The SMILES string of the molecule is CCOc1ccc(NC(=O)CC2C(=O)N(c3ccc(Cl)cc3)C(=S)N2NC(=O)c2ccc(Cl)cc2)cc1. The molecule has 3 amide bonds. The first-order valence-corrected chi connectivity index (χ1v) is 12.4. The molecular formula is C26H22Cl2N4O4S. The third-order valence-corrected chi connectivity index (χ3v) is 6.34. The van der Waals surface area contributed by atoms with Crippen LogP contribution in [0.15, 0.2) is 72.8 Å². The fourth-order valence-corrected chi connectivity index (χ4v) is 4.31. The van der Waals surface area contributed by atoms with Gasteiger partial charge in [0.25, 0.3) is 11.8 Å². The molecule has 0 spiro atoms. The van der Waals surface area contributed by atoms with Gasteiger partial charge in [0, 0.05) is 21.3 Å². The molecule has 0 saturated carbocycles. The quantitative estimate of drug-likeness (QED) is 0.376. The number of halogens is 2. The zero-order valence-electron chi connectivity index (χ0n) is 19.6. The normalized spacial score (nSPS) is 15.1. The van der Waals surface area contributed by atoms with Gasteiger partial charge < -0.3 is 10.1 Å². The second-order valence-corrected chi connectivity index (χ2v) is 9.21. The van der Waals surface area contributed by atoms with E-state index < -0.39 is 23.8 Å². The topological polar surface area (TPSA) is 91.0 Å². The summed E-state index contributed by atoms with van der Waals surface area (Å²) in [7, 11) is 0. The van der Waals surface area contributed by atoms with E-state index in [-0.39, 0.29) is 11.5 Å². The van der Waals surface area contributed by atoms with Crippen molar-refractivity contribution in [3.8, 4) is 5.75 Å². The summed E-state index contributed by atoms with van der Waals surface area (Å²) in [6.07, 6.45) is -0.267. The molecule has 8 nitrogen and oxygen atoms in total. The first-order valence-electron chi connectivity index (χ1n) is 11.3. The highest BCUT2D eigenvalue weighted by Crippen LogP contribution is 2.28. The van der Waals surface area contributed by atoms with Crippen molar-refractivity contribution in [2.45, 2.75) is 19.4 Å². The lowest BCUT2D eigenvalue weighted by atomic mass is 10.1. The summed E-state index contributed by atoms with van der Waals surface area (Å²) in [5, 5.41) is 4.99. The molecule has 190 valence electrons. The first-order chi connectivity index (χ1) is 17.8. The fourth-order valence-electron chi connectivity index (χ4n) is 3.69. The van der Waals surface area contributed by atoms with Crippen molar-refractivity contribution >= 4 is 69.6 Å². The molecule has 1 heterocycles. The van der Waals surface area contributed by atoms with Crippen molar-refractivity contribution in [1.29, 1.82) is 0 Å². The van der Waals surface area contributed by atoms with Crippen molar-refractivity contribution in [3.63, 3.8) is 0 Å². The maximum absolute atomic E-state index is 13.5. The summed E-state index contributed by atoms with van der Waals surface area (Å²) in [6.45, 7) is 2.40. The molecule has 1 saturated heterocycles. The van der Waals surface area contributed by atoms with Gasteiger partial charge in [0.1, 0.15) is 11.8 Å². The number of hydrogen-bond donors (Lipinski definition) is 2. The van der Waals surface area contributed by atoms with Gasteiger partial charge in [-0.2, -0.15) is 0 Å². The number of hydrazine groups is 1. The van der Waals surface area contributed by atoms with E-state index >= 15 is 0 Å². The molecule has 0 radical (unpaired) electrons. The summed E-state index contributed by atoms with van der Waals surface area (Å²) >= 11 is 17.5. The smallest absolute Gasteiger partial charge is 0.269 e. The number of nitrogens with zero attached hydrogens (tertiary/aromatic N) is 2. The van der Waals surface area contributed by atoms with Crippen LogP contribution >= 0.6 is 35.4 Å². The Hall–Kier alpha value is -3.66. The summed E-state index contributed by atoms with van der Waals surface area (Å²) in [5.41, 5.74) is 3.97. The van der Waals surface area contributed by atoms with Gasteiger partial charge in [-0.25, -0.2) is 5.01 Å².